The quantitative estimate of drug-likeness (QED) is 0.879. The molecule has 0 saturated heterocycles. The zero-order valence-corrected chi connectivity index (χ0v) is 10.5. The summed E-state index contributed by atoms with van der Waals surface area (Å²) in [6, 6.07) is 9.79. The van der Waals surface area contributed by atoms with Gasteiger partial charge in [-0.15, -0.1) is 0 Å². The van der Waals surface area contributed by atoms with E-state index in [0.29, 0.717) is 5.92 Å². The van der Waals surface area contributed by atoms with Crippen LogP contribution in [0.3, 0.4) is 0 Å². The van der Waals surface area contributed by atoms with E-state index in [0.717, 1.165) is 17.8 Å². The molecular weight excluding hydrogens is 212 g/mol. The molecule has 0 amide bonds. The fraction of sp³-hybridized carbons (Fsp3) is 0.357. The molecule has 1 aromatic heterocycles. The van der Waals surface area contributed by atoms with E-state index >= 15 is 0 Å². The van der Waals surface area contributed by atoms with E-state index in [2.05, 4.69) is 18.9 Å². The average molecular weight is 230 g/mol. The van der Waals surface area contributed by atoms with Crippen molar-refractivity contribution in [2.24, 2.45) is 5.92 Å². The number of rotatable bonds is 3. The molecule has 0 aliphatic rings. The van der Waals surface area contributed by atoms with E-state index in [1.165, 1.54) is 5.56 Å². The van der Waals surface area contributed by atoms with Crippen LogP contribution in [0.5, 0.6) is 5.88 Å². The standard InChI is InChI=1S/C14H18N2O/c1-10(2)9-16-14(17)8-13(15-16)12-7-5-4-6-11(12)3/h4-8,10,17H,9H2,1-3H3. The van der Waals surface area contributed by atoms with Gasteiger partial charge in [0.15, 0.2) is 0 Å². The Morgan fingerprint density at radius 3 is 2.65 bits per heavy atom. The van der Waals surface area contributed by atoms with Crippen LogP contribution in [0.1, 0.15) is 19.4 Å². The van der Waals surface area contributed by atoms with Crippen LogP contribution < -0.4 is 0 Å². The summed E-state index contributed by atoms with van der Waals surface area (Å²) < 4.78 is 1.66. The maximum absolute atomic E-state index is 9.83. The van der Waals surface area contributed by atoms with E-state index in [1.807, 2.05) is 31.2 Å². The molecule has 2 rings (SSSR count). The van der Waals surface area contributed by atoms with Crippen LogP contribution in [0, 0.1) is 12.8 Å². The van der Waals surface area contributed by atoms with Gasteiger partial charge in [-0.25, -0.2) is 4.68 Å². The molecule has 1 aromatic carbocycles. The second-order valence-electron chi connectivity index (χ2n) is 4.78. The number of aryl methyl sites for hydroxylation is 1. The predicted octanol–water partition coefficient (Wildman–Crippen LogP) is 3.22. The number of nitrogens with zero attached hydrogens (tertiary/aromatic N) is 2. The Kier molecular flexibility index (Phi) is 3.18. The van der Waals surface area contributed by atoms with Crippen molar-refractivity contribution >= 4 is 0 Å². The summed E-state index contributed by atoms with van der Waals surface area (Å²) in [5, 5.41) is 14.3. The summed E-state index contributed by atoms with van der Waals surface area (Å²) in [4.78, 5) is 0. The summed E-state index contributed by atoms with van der Waals surface area (Å²) in [6.45, 7) is 6.99. The third-order valence-corrected chi connectivity index (χ3v) is 2.72. The van der Waals surface area contributed by atoms with Crippen LogP contribution >= 0.6 is 0 Å². The first-order valence-electron chi connectivity index (χ1n) is 5.90. The Bertz CT molecular complexity index is 515. The molecule has 17 heavy (non-hydrogen) atoms. The van der Waals surface area contributed by atoms with Crippen molar-refractivity contribution in [1.82, 2.24) is 9.78 Å². The molecule has 0 aliphatic carbocycles. The zero-order chi connectivity index (χ0) is 12.4. The minimum atomic E-state index is 0.233. The molecule has 90 valence electrons. The highest BCUT2D eigenvalue weighted by Crippen LogP contribution is 2.25. The average Bonchev–Trinajstić information content (AvgIpc) is 2.60. The van der Waals surface area contributed by atoms with Crippen LogP contribution in [0.4, 0.5) is 0 Å². The lowest BCUT2D eigenvalue weighted by Gasteiger charge is -2.05. The second-order valence-corrected chi connectivity index (χ2v) is 4.78. The van der Waals surface area contributed by atoms with Crippen LogP contribution in [-0.2, 0) is 6.54 Å². The molecule has 0 fully saturated rings. The van der Waals surface area contributed by atoms with Crippen molar-refractivity contribution in [3.05, 3.63) is 35.9 Å². The van der Waals surface area contributed by atoms with Crippen LogP contribution in [0.25, 0.3) is 11.3 Å². The highest BCUT2D eigenvalue weighted by atomic mass is 16.3. The summed E-state index contributed by atoms with van der Waals surface area (Å²) in [5.74, 6) is 0.697. The zero-order valence-electron chi connectivity index (χ0n) is 10.5. The highest BCUT2D eigenvalue weighted by Gasteiger charge is 2.10. The van der Waals surface area contributed by atoms with Gasteiger partial charge < -0.3 is 5.11 Å². The Labute approximate surface area is 102 Å². The number of aromatic hydroxyl groups is 1. The molecule has 1 N–H and O–H groups in total. The Morgan fingerprint density at radius 2 is 2.00 bits per heavy atom. The maximum atomic E-state index is 9.83. The van der Waals surface area contributed by atoms with E-state index in [-0.39, 0.29) is 5.88 Å². The molecule has 0 unspecified atom stereocenters. The van der Waals surface area contributed by atoms with Gasteiger partial charge in [0.05, 0.1) is 5.69 Å². The van der Waals surface area contributed by atoms with Crippen molar-refractivity contribution in [3.63, 3.8) is 0 Å². The first-order valence-corrected chi connectivity index (χ1v) is 5.90. The van der Waals surface area contributed by atoms with Crippen LogP contribution in [0.15, 0.2) is 30.3 Å². The summed E-state index contributed by atoms with van der Waals surface area (Å²) in [7, 11) is 0. The lowest BCUT2D eigenvalue weighted by Crippen LogP contribution is -2.05. The predicted molar refractivity (Wildman–Crippen MR) is 68.9 cm³/mol. The molecule has 0 radical (unpaired) electrons. The maximum Gasteiger partial charge on any atom is 0.209 e. The largest absolute Gasteiger partial charge is 0.493 e. The fourth-order valence-corrected chi connectivity index (χ4v) is 1.88. The van der Waals surface area contributed by atoms with Gasteiger partial charge in [0, 0.05) is 18.2 Å². The Hall–Kier alpha value is -1.77. The van der Waals surface area contributed by atoms with Gasteiger partial charge in [0.25, 0.3) is 0 Å². The van der Waals surface area contributed by atoms with Crippen LogP contribution in [0.2, 0.25) is 0 Å². The highest BCUT2D eigenvalue weighted by molar-refractivity contribution is 5.64. The van der Waals surface area contributed by atoms with Crippen molar-refractivity contribution < 1.29 is 5.11 Å². The minimum Gasteiger partial charge on any atom is -0.493 e. The Morgan fingerprint density at radius 1 is 1.29 bits per heavy atom. The summed E-state index contributed by atoms with van der Waals surface area (Å²) >= 11 is 0. The van der Waals surface area contributed by atoms with Crippen LogP contribution in [-0.4, -0.2) is 14.9 Å². The molecule has 0 atom stereocenters. The topological polar surface area (TPSA) is 38.0 Å². The third kappa shape index (κ3) is 2.49. The molecule has 2 aromatic rings. The van der Waals surface area contributed by atoms with Gasteiger partial charge >= 0.3 is 0 Å². The fourth-order valence-electron chi connectivity index (χ4n) is 1.88. The third-order valence-electron chi connectivity index (χ3n) is 2.72. The number of hydrogen-bond acceptors (Lipinski definition) is 2. The summed E-state index contributed by atoms with van der Waals surface area (Å²) in [5.41, 5.74) is 3.08. The van der Waals surface area contributed by atoms with Crippen molar-refractivity contribution in [3.8, 4) is 17.1 Å². The van der Waals surface area contributed by atoms with Crippen molar-refractivity contribution in [2.75, 3.05) is 0 Å². The van der Waals surface area contributed by atoms with E-state index in [4.69, 9.17) is 0 Å². The van der Waals surface area contributed by atoms with Gasteiger partial charge in [-0.05, 0) is 18.4 Å². The second kappa shape index (κ2) is 4.62. The summed E-state index contributed by atoms with van der Waals surface area (Å²) in [6.07, 6.45) is 0. The van der Waals surface area contributed by atoms with Gasteiger partial charge in [0.1, 0.15) is 0 Å². The first-order chi connectivity index (χ1) is 8.08. The first kappa shape index (κ1) is 11.7. The normalized spacial score (nSPS) is 11.1. The molecule has 0 aliphatic heterocycles. The molecule has 0 saturated carbocycles. The number of benzene rings is 1. The Balaban J connectivity index is 2.38. The molecule has 3 heteroatoms. The lowest BCUT2D eigenvalue weighted by molar-refractivity contribution is 0.372. The number of hydrogen-bond donors (Lipinski definition) is 1. The van der Waals surface area contributed by atoms with Gasteiger partial charge in [-0.2, -0.15) is 5.10 Å². The lowest BCUT2D eigenvalue weighted by atomic mass is 10.1. The molecule has 0 bridgehead atoms. The monoisotopic (exact) mass is 230 g/mol. The van der Waals surface area contributed by atoms with E-state index in [9.17, 15) is 5.11 Å². The SMILES string of the molecule is Cc1ccccc1-c1cc(O)n(CC(C)C)n1. The molecular formula is C14H18N2O. The van der Waals surface area contributed by atoms with Gasteiger partial charge in [0.2, 0.25) is 5.88 Å². The molecule has 3 nitrogen and oxygen atoms in total. The van der Waals surface area contributed by atoms with Gasteiger partial charge in [-0.3, -0.25) is 0 Å². The van der Waals surface area contributed by atoms with Crippen molar-refractivity contribution in [2.45, 2.75) is 27.3 Å². The number of aromatic nitrogens is 2. The van der Waals surface area contributed by atoms with Crippen molar-refractivity contribution in [1.29, 1.82) is 0 Å². The smallest absolute Gasteiger partial charge is 0.209 e. The van der Waals surface area contributed by atoms with Gasteiger partial charge in [-0.1, -0.05) is 38.1 Å². The molecule has 0 spiro atoms. The molecule has 1 heterocycles. The minimum absolute atomic E-state index is 0.233. The van der Waals surface area contributed by atoms with E-state index in [1.54, 1.807) is 10.7 Å². The van der Waals surface area contributed by atoms with E-state index < -0.39 is 0 Å².